The lowest BCUT2D eigenvalue weighted by Crippen LogP contribution is -2.31. The van der Waals surface area contributed by atoms with Gasteiger partial charge in [0.1, 0.15) is 11.3 Å². The van der Waals surface area contributed by atoms with E-state index in [2.05, 4.69) is 27.1 Å². The molecule has 35 heavy (non-hydrogen) atoms. The van der Waals surface area contributed by atoms with Crippen molar-refractivity contribution < 1.29 is 9.53 Å². The number of carbonyl (C=O) groups excluding carboxylic acids is 1. The summed E-state index contributed by atoms with van der Waals surface area (Å²) in [5.74, 6) is 1.42. The molecule has 4 rings (SSSR count). The minimum Gasteiger partial charge on any atom is -0.382 e. The van der Waals surface area contributed by atoms with Gasteiger partial charge < -0.3 is 25.7 Å². The minimum atomic E-state index is -0.347. The Morgan fingerprint density at radius 2 is 2.03 bits per heavy atom. The average molecular weight is 472 g/mol. The fraction of sp³-hybridized carbons (Fsp3) is 0.308. The number of nitrogens with one attached hydrogen (secondary N) is 2. The molecule has 9 heteroatoms. The Kier molecular flexibility index (Phi) is 7.75. The van der Waals surface area contributed by atoms with Crippen molar-refractivity contribution in [1.29, 1.82) is 5.26 Å². The number of nitrogens with two attached hydrogens (primary N) is 1. The second-order valence-corrected chi connectivity index (χ2v) is 8.18. The number of hydrogen-bond acceptors (Lipinski definition) is 6. The highest BCUT2D eigenvalue weighted by atomic mass is 16.5. The summed E-state index contributed by atoms with van der Waals surface area (Å²) in [6, 6.07) is 16.4. The van der Waals surface area contributed by atoms with Crippen molar-refractivity contribution in [2.45, 2.75) is 32.7 Å². The Morgan fingerprint density at radius 3 is 2.86 bits per heavy atom. The number of nitrogen functional groups attached to an aromatic ring is 1. The van der Waals surface area contributed by atoms with E-state index in [-0.39, 0.29) is 6.03 Å². The van der Waals surface area contributed by atoms with Crippen LogP contribution in [0.4, 0.5) is 16.3 Å². The van der Waals surface area contributed by atoms with Crippen molar-refractivity contribution in [3.8, 4) is 6.07 Å². The van der Waals surface area contributed by atoms with E-state index >= 15 is 0 Å². The Balaban J connectivity index is 1.36. The number of nitrogens with zero attached hydrogens (tertiary/aromatic N) is 4. The van der Waals surface area contributed by atoms with Crippen LogP contribution in [0, 0.1) is 11.3 Å². The first kappa shape index (κ1) is 24.0. The van der Waals surface area contributed by atoms with E-state index in [1.807, 2.05) is 30.3 Å². The number of anilines is 2. The first-order valence-electron chi connectivity index (χ1n) is 11.8. The maximum atomic E-state index is 12.1. The van der Waals surface area contributed by atoms with Gasteiger partial charge in [-0.05, 0) is 30.7 Å². The Morgan fingerprint density at radius 1 is 1.17 bits per heavy atom. The summed E-state index contributed by atoms with van der Waals surface area (Å²) in [4.78, 5) is 21.4. The minimum absolute atomic E-state index is 0.347. The largest absolute Gasteiger partial charge is 0.382 e. The van der Waals surface area contributed by atoms with E-state index in [9.17, 15) is 4.79 Å². The molecule has 2 heterocycles. The van der Waals surface area contributed by atoms with Gasteiger partial charge in [-0.15, -0.1) is 0 Å². The van der Waals surface area contributed by atoms with Crippen LogP contribution in [0.15, 0.2) is 48.5 Å². The lowest BCUT2D eigenvalue weighted by Gasteiger charge is -2.12. The molecule has 2 aromatic carbocycles. The first-order chi connectivity index (χ1) is 17.1. The van der Waals surface area contributed by atoms with Crippen molar-refractivity contribution in [2.24, 2.45) is 0 Å². The summed E-state index contributed by atoms with van der Waals surface area (Å²) in [5.41, 5.74) is 9.86. The molecule has 0 saturated carbocycles. The second kappa shape index (κ2) is 11.3. The van der Waals surface area contributed by atoms with E-state index in [1.54, 1.807) is 24.3 Å². The summed E-state index contributed by atoms with van der Waals surface area (Å²) < 4.78 is 8.00. The van der Waals surface area contributed by atoms with E-state index in [1.165, 1.54) is 0 Å². The monoisotopic (exact) mass is 471 g/mol. The van der Waals surface area contributed by atoms with Crippen LogP contribution in [0.5, 0.6) is 0 Å². The molecule has 4 N–H and O–H groups in total. The number of aromatic nitrogens is 3. The molecule has 2 amide bonds. The van der Waals surface area contributed by atoms with Crippen molar-refractivity contribution in [2.75, 3.05) is 30.8 Å². The molecule has 0 bridgehead atoms. The third kappa shape index (κ3) is 5.67. The number of unbranched alkanes of at least 4 members (excludes halogenated alkanes) is 1. The summed E-state index contributed by atoms with van der Waals surface area (Å²) in [7, 11) is 0. The fourth-order valence-electron chi connectivity index (χ4n) is 4.01. The van der Waals surface area contributed by atoms with Gasteiger partial charge in [0.25, 0.3) is 0 Å². The van der Waals surface area contributed by atoms with Crippen molar-refractivity contribution in [3.63, 3.8) is 0 Å². The van der Waals surface area contributed by atoms with Gasteiger partial charge in [-0.1, -0.05) is 37.6 Å². The number of fused-ring (bicyclic) bond motifs is 3. The maximum Gasteiger partial charge on any atom is 0.319 e. The zero-order valence-electron chi connectivity index (χ0n) is 19.8. The topological polar surface area (TPSA) is 131 Å². The molecule has 9 nitrogen and oxygen atoms in total. The zero-order chi connectivity index (χ0) is 24.6. The van der Waals surface area contributed by atoms with Crippen LogP contribution in [0.3, 0.4) is 0 Å². The molecular formula is C26H29N7O2. The summed E-state index contributed by atoms with van der Waals surface area (Å²) >= 11 is 0. The molecule has 0 spiro atoms. The van der Waals surface area contributed by atoms with Gasteiger partial charge in [0, 0.05) is 30.6 Å². The Hall–Kier alpha value is -4.16. The van der Waals surface area contributed by atoms with E-state index in [0.29, 0.717) is 43.4 Å². The standard InChI is InChI=1S/C26H29N7O2/c1-2-3-11-22-32-23-24(20-9-4-5-10-21(20)31-25(23)28)33(22)13-15-35-14-12-29-26(34)30-19-8-6-7-18(16-19)17-27/h4-10,16H,2-3,11-15H2,1H3,(H2,28,31)(H2,29,30,34). The molecule has 4 aromatic rings. The number of aryl methyl sites for hydroxylation is 1. The van der Waals surface area contributed by atoms with Crippen molar-refractivity contribution in [1.82, 2.24) is 19.9 Å². The lowest BCUT2D eigenvalue weighted by molar-refractivity contribution is 0.129. The van der Waals surface area contributed by atoms with Crippen LogP contribution in [0.25, 0.3) is 21.9 Å². The number of imidazole rings is 1. The number of para-hydroxylation sites is 1. The number of hydrogen-bond donors (Lipinski definition) is 3. The molecule has 0 aliphatic heterocycles. The van der Waals surface area contributed by atoms with Gasteiger partial charge in [0.05, 0.1) is 35.9 Å². The van der Waals surface area contributed by atoms with Crippen LogP contribution in [-0.4, -0.2) is 40.3 Å². The normalized spacial score (nSPS) is 11.0. The van der Waals surface area contributed by atoms with Crippen molar-refractivity contribution in [3.05, 3.63) is 59.9 Å². The van der Waals surface area contributed by atoms with Crippen LogP contribution in [0.1, 0.15) is 31.2 Å². The van der Waals surface area contributed by atoms with E-state index in [4.69, 9.17) is 20.7 Å². The number of benzene rings is 2. The van der Waals surface area contributed by atoms with E-state index < -0.39 is 0 Å². The third-order valence-corrected chi connectivity index (χ3v) is 5.68. The molecular weight excluding hydrogens is 442 g/mol. The summed E-state index contributed by atoms with van der Waals surface area (Å²) in [5, 5.41) is 15.5. The highest BCUT2D eigenvalue weighted by Crippen LogP contribution is 2.29. The molecule has 0 aliphatic rings. The van der Waals surface area contributed by atoms with Crippen LogP contribution in [-0.2, 0) is 17.7 Å². The van der Waals surface area contributed by atoms with Crippen LogP contribution >= 0.6 is 0 Å². The first-order valence-corrected chi connectivity index (χ1v) is 11.8. The van der Waals surface area contributed by atoms with Gasteiger partial charge in [-0.25, -0.2) is 14.8 Å². The zero-order valence-corrected chi connectivity index (χ0v) is 19.8. The molecule has 2 aromatic heterocycles. The number of ether oxygens (including phenoxy) is 1. The second-order valence-electron chi connectivity index (χ2n) is 8.18. The molecule has 0 radical (unpaired) electrons. The van der Waals surface area contributed by atoms with Gasteiger partial charge in [-0.2, -0.15) is 5.26 Å². The van der Waals surface area contributed by atoms with Gasteiger partial charge in [-0.3, -0.25) is 0 Å². The quantitative estimate of drug-likeness (QED) is 0.297. The highest BCUT2D eigenvalue weighted by Gasteiger charge is 2.17. The molecule has 0 unspecified atom stereocenters. The molecule has 0 saturated heterocycles. The van der Waals surface area contributed by atoms with Gasteiger partial charge in [0.15, 0.2) is 5.82 Å². The highest BCUT2D eigenvalue weighted by molar-refractivity contribution is 6.06. The van der Waals surface area contributed by atoms with Gasteiger partial charge >= 0.3 is 6.03 Å². The number of urea groups is 1. The SMILES string of the molecule is CCCCc1nc2c(N)nc3ccccc3c2n1CCOCCNC(=O)Nc1cccc(C#N)c1. The molecule has 0 atom stereocenters. The predicted octanol–water partition coefficient (Wildman–Crippen LogP) is 4.22. The van der Waals surface area contributed by atoms with Crippen LogP contribution < -0.4 is 16.4 Å². The molecule has 0 fully saturated rings. The average Bonchev–Trinajstić information content (AvgIpc) is 3.24. The van der Waals surface area contributed by atoms with Crippen molar-refractivity contribution >= 4 is 39.5 Å². The summed E-state index contributed by atoms with van der Waals surface area (Å²) in [6.07, 6.45) is 2.96. The van der Waals surface area contributed by atoms with Gasteiger partial charge in [0.2, 0.25) is 0 Å². The number of rotatable bonds is 10. The smallest absolute Gasteiger partial charge is 0.319 e. The lowest BCUT2D eigenvalue weighted by atomic mass is 10.2. The maximum absolute atomic E-state index is 12.1. The predicted molar refractivity (Wildman–Crippen MR) is 137 cm³/mol. The molecule has 180 valence electrons. The van der Waals surface area contributed by atoms with E-state index in [0.717, 1.165) is 47.0 Å². The Bertz CT molecular complexity index is 1370. The third-order valence-electron chi connectivity index (χ3n) is 5.68. The molecule has 0 aliphatic carbocycles. The van der Waals surface area contributed by atoms with Crippen LogP contribution in [0.2, 0.25) is 0 Å². The number of pyridine rings is 1. The number of amides is 2. The fourth-order valence-corrected chi connectivity index (χ4v) is 4.01. The summed E-state index contributed by atoms with van der Waals surface area (Å²) in [6.45, 7) is 3.97. The Labute approximate surface area is 203 Å². The number of carbonyl (C=O) groups is 1. The number of nitriles is 1.